The van der Waals surface area contributed by atoms with Gasteiger partial charge in [0.15, 0.2) is 5.96 Å². The quantitative estimate of drug-likeness (QED) is 0.212. The van der Waals surface area contributed by atoms with Gasteiger partial charge in [0.25, 0.3) is 0 Å². The van der Waals surface area contributed by atoms with E-state index in [1.807, 2.05) is 30.3 Å². The molecule has 1 fully saturated rings. The fraction of sp³-hybridized carbons (Fsp3) is 0.476. The van der Waals surface area contributed by atoms with Crippen molar-refractivity contribution in [3.05, 3.63) is 54.0 Å². The Bertz CT molecular complexity index is 703. The van der Waals surface area contributed by atoms with Crippen LogP contribution in [0.25, 0.3) is 0 Å². The van der Waals surface area contributed by atoms with Crippen molar-refractivity contribution in [3.63, 3.8) is 0 Å². The highest BCUT2D eigenvalue weighted by Crippen LogP contribution is 2.30. The van der Waals surface area contributed by atoms with Crippen molar-refractivity contribution in [1.82, 2.24) is 10.6 Å². The number of nitrogens with one attached hydrogen (secondary N) is 2. The zero-order chi connectivity index (χ0) is 18.7. The first-order chi connectivity index (χ1) is 13.3. The molecule has 1 aromatic heterocycles. The number of rotatable bonds is 11. The second-order valence-electron chi connectivity index (χ2n) is 6.70. The normalized spacial score (nSPS) is 13.7. The lowest BCUT2D eigenvalue weighted by Gasteiger charge is -2.15. The maximum absolute atomic E-state index is 5.96. The molecule has 154 valence electrons. The minimum absolute atomic E-state index is 0. The zero-order valence-electron chi connectivity index (χ0n) is 16.4. The molecule has 0 spiro atoms. The lowest BCUT2D eigenvalue weighted by Crippen LogP contribution is -2.37. The van der Waals surface area contributed by atoms with Crippen LogP contribution >= 0.6 is 24.0 Å². The summed E-state index contributed by atoms with van der Waals surface area (Å²) >= 11 is 0. The van der Waals surface area contributed by atoms with E-state index in [2.05, 4.69) is 21.7 Å². The molecule has 3 rings (SSSR count). The molecule has 0 radical (unpaired) electrons. The number of para-hydroxylation sites is 1. The van der Waals surface area contributed by atoms with Crippen molar-refractivity contribution in [1.29, 1.82) is 0 Å². The highest BCUT2D eigenvalue weighted by Gasteiger charge is 2.22. The molecule has 1 aromatic carbocycles. The minimum Gasteiger partial charge on any atom is -0.493 e. The number of aliphatic imine (C=N–C) groups is 1. The van der Waals surface area contributed by atoms with Crippen molar-refractivity contribution in [2.45, 2.75) is 32.4 Å². The van der Waals surface area contributed by atoms with E-state index in [0.29, 0.717) is 19.8 Å². The standard InChI is InChI=1S/C21H29N3O3.HI/c1-22-21(23-11-5-12-25-16-19-7-4-13-26-19)24-14-18-6-2-3-8-20(18)27-15-17-9-10-17;/h2-4,6-8,13,17H,5,9-12,14-16H2,1H3,(H2,22,23,24);1H. The van der Waals surface area contributed by atoms with Crippen molar-refractivity contribution < 1.29 is 13.9 Å². The SMILES string of the molecule is CN=C(NCCCOCc1ccco1)NCc1ccccc1OCC1CC1.I. The lowest BCUT2D eigenvalue weighted by atomic mass is 10.2. The van der Waals surface area contributed by atoms with Crippen molar-refractivity contribution in [2.75, 3.05) is 26.8 Å². The third kappa shape index (κ3) is 8.10. The van der Waals surface area contributed by atoms with Gasteiger partial charge in [-0.3, -0.25) is 4.99 Å². The highest BCUT2D eigenvalue weighted by atomic mass is 127. The van der Waals surface area contributed by atoms with Crippen molar-refractivity contribution in [3.8, 4) is 5.75 Å². The summed E-state index contributed by atoms with van der Waals surface area (Å²) in [5, 5.41) is 6.65. The molecule has 28 heavy (non-hydrogen) atoms. The van der Waals surface area contributed by atoms with Gasteiger partial charge in [0, 0.05) is 32.3 Å². The van der Waals surface area contributed by atoms with Gasteiger partial charge in [-0.25, -0.2) is 0 Å². The Labute approximate surface area is 184 Å². The van der Waals surface area contributed by atoms with Crippen LogP contribution in [-0.4, -0.2) is 32.8 Å². The summed E-state index contributed by atoms with van der Waals surface area (Å²) < 4.78 is 16.8. The number of hydrogen-bond donors (Lipinski definition) is 2. The molecule has 0 unspecified atom stereocenters. The monoisotopic (exact) mass is 499 g/mol. The molecule has 1 heterocycles. The molecule has 7 heteroatoms. The number of nitrogens with zero attached hydrogens (tertiary/aromatic N) is 1. The largest absolute Gasteiger partial charge is 0.493 e. The molecule has 6 nitrogen and oxygen atoms in total. The fourth-order valence-electron chi connectivity index (χ4n) is 2.63. The summed E-state index contributed by atoms with van der Waals surface area (Å²) in [6.45, 7) is 3.47. The number of guanidine groups is 1. The number of ether oxygens (including phenoxy) is 2. The van der Waals surface area contributed by atoms with Gasteiger partial charge in [0.2, 0.25) is 0 Å². The smallest absolute Gasteiger partial charge is 0.191 e. The molecule has 0 bridgehead atoms. The van der Waals surface area contributed by atoms with Gasteiger partial charge in [-0.05, 0) is 43.4 Å². The summed E-state index contributed by atoms with van der Waals surface area (Å²) in [5.41, 5.74) is 1.14. The van der Waals surface area contributed by atoms with Crippen LogP contribution in [0.1, 0.15) is 30.6 Å². The van der Waals surface area contributed by atoms with E-state index >= 15 is 0 Å². The molecular formula is C21H30IN3O3. The molecular weight excluding hydrogens is 469 g/mol. The van der Waals surface area contributed by atoms with Crippen LogP contribution in [0.15, 0.2) is 52.1 Å². The first kappa shape index (κ1) is 22.5. The van der Waals surface area contributed by atoms with Crippen molar-refractivity contribution in [2.24, 2.45) is 10.9 Å². The number of hydrogen-bond acceptors (Lipinski definition) is 4. The molecule has 0 amide bonds. The van der Waals surface area contributed by atoms with Crippen LogP contribution in [0.2, 0.25) is 0 Å². The summed E-state index contributed by atoms with van der Waals surface area (Å²) in [6, 6.07) is 12.0. The molecule has 1 aliphatic carbocycles. The lowest BCUT2D eigenvalue weighted by molar-refractivity contribution is 0.105. The Balaban J connectivity index is 0.00000280. The second kappa shape index (κ2) is 12.7. The Hall–Kier alpha value is -1.74. The number of halogens is 1. The van der Waals surface area contributed by atoms with Gasteiger partial charge in [-0.2, -0.15) is 0 Å². The molecule has 1 saturated carbocycles. The molecule has 0 aliphatic heterocycles. The van der Waals surface area contributed by atoms with Crippen LogP contribution in [0.5, 0.6) is 5.75 Å². The topological polar surface area (TPSA) is 68.0 Å². The van der Waals surface area contributed by atoms with Gasteiger partial charge in [-0.1, -0.05) is 18.2 Å². The van der Waals surface area contributed by atoms with Crippen LogP contribution in [0.4, 0.5) is 0 Å². The van der Waals surface area contributed by atoms with E-state index in [9.17, 15) is 0 Å². The van der Waals surface area contributed by atoms with E-state index < -0.39 is 0 Å². The average molecular weight is 499 g/mol. The molecule has 1 aliphatic rings. The molecule has 0 atom stereocenters. The fourth-order valence-corrected chi connectivity index (χ4v) is 2.63. The summed E-state index contributed by atoms with van der Waals surface area (Å²) in [7, 11) is 1.78. The Morgan fingerprint density at radius 2 is 2.04 bits per heavy atom. The van der Waals surface area contributed by atoms with Gasteiger partial charge in [0.05, 0.1) is 12.9 Å². The number of furan rings is 1. The first-order valence-electron chi connectivity index (χ1n) is 9.60. The summed E-state index contributed by atoms with van der Waals surface area (Å²) in [4.78, 5) is 4.27. The Morgan fingerprint density at radius 1 is 1.18 bits per heavy atom. The molecule has 2 aromatic rings. The van der Waals surface area contributed by atoms with Crippen LogP contribution < -0.4 is 15.4 Å². The first-order valence-corrected chi connectivity index (χ1v) is 9.60. The van der Waals surface area contributed by atoms with Crippen LogP contribution in [-0.2, 0) is 17.9 Å². The summed E-state index contributed by atoms with van der Waals surface area (Å²) in [5.74, 6) is 3.33. The van der Waals surface area contributed by atoms with Crippen LogP contribution in [0.3, 0.4) is 0 Å². The predicted molar refractivity (Wildman–Crippen MR) is 121 cm³/mol. The van der Waals surface area contributed by atoms with Crippen molar-refractivity contribution >= 4 is 29.9 Å². The van der Waals surface area contributed by atoms with E-state index in [4.69, 9.17) is 13.9 Å². The predicted octanol–water partition coefficient (Wildman–Crippen LogP) is 3.96. The Morgan fingerprint density at radius 3 is 2.79 bits per heavy atom. The Kier molecular flexibility index (Phi) is 10.2. The van der Waals surface area contributed by atoms with Gasteiger partial charge >= 0.3 is 0 Å². The third-order valence-corrected chi connectivity index (χ3v) is 4.40. The maximum atomic E-state index is 5.96. The molecule has 0 saturated heterocycles. The minimum atomic E-state index is 0. The van der Waals surface area contributed by atoms with E-state index in [1.54, 1.807) is 13.3 Å². The van der Waals surface area contributed by atoms with E-state index in [-0.39, 0.29) is 24.0 Å². The third-order valence-electron chi connectivity index (χ3n) is 4.40. The van der Waals surface area contributed by atoms with E-state index in [1.165, 1.54) is 12.8 Å². The highest BCUT2D eigenvalue weighted by molar-refractivity contribution is 14.0. The maximum Gasteiger partial charge on any atom is 0.191 e. The number of benzene rings is 1. The van der Waals surface area contributed by atoms with Gasteiger partial charge in [-0.15, -0.1) is 24.0 Å². The van der Waals surface area contributed by atoms with Gasteiger partial charge in [0.1, 0.15) is 18.1 Å². The zero-order valence-corrected chi connectivity index (χ0v) is 18.7. The van der Waals surface area contributed by atoms with Crippen LogP contribution in [0, 0.1) is 5.92 Å². The second-order valence-corrected chi connectivity index (χ2v) is 6.70. The van der Waals surface area contributed by atoms with Gasteiger partial charge < -0.3 is 24.5 Å². The van der Waals surface area contributed by atoms with E-state index in [0.717, 1.165) is 48.5 Å². The average Bonchev–Trinajstić information content (AvgIpc) is 3.39. The molecule has 2 N–H and O–H groups in total. The summed E-state index contributed by atoms with van der Waals surface area (Å²) in [6.07, 6.45) is 5.14.